The second-order valence-electron chi connectivity index (χ2n) is 5.12. The van der Waals surface area contributed by atoms with Gasteiger partial charge in [0, 0.05) is 12.6 Å². The molecule has 1 unspecified atom stereocenters. The number of nitrogens with zero attached hydrogens (tertiary/aromatic N) is 2. The average molecular weight is 257 g/mol. The fourth-order valence-electron chi connectivity index (χ4n) is 2.78. The van der Waals surface area contributed by atoms with Crippen LogP contribution in [0, 0.1) is 0 Å². The van der Waals surface area contributed by atoms with Crippen LogP contribution in [0.25, 0.3) is 0 Å². The minimum Gasteiger partial charge on any atom is -0.381 e. The molecule has 3 rings (SSSR count). The van der Waals surface area contributed by atoms with Crippen LogP contribution in [0.15, 0.2) is 40.9 Å². The van der Waals surface area contributed by atoms with Crippen molar-refractivity contribution in [3.63, 3.8) is 0 Å². The zero-order chi connectivity index (χ0) is 13.1. The van der Waals surface area contributed by atoms with Gasteiger partial charge in [-0.25, -0.2) is 0 Å². The lowest BCUT2D eigenvalue weighted by atomic mass is 9.99. The number of hydrogen-bond acceptors (Lipinski definition) is 4. The van der Waals surface area contributed by atoms with Gasteiger partial charge in [0.1, 0.15) is 0 Å². The Morgan fingerprint density at radius 3 is 2.84 bits per heavy atom. The van der Waals surface area contributed by atoms with Crippen molar-refractivity contribution in [2.24, 2.45) is 0 Å². The Bertz CT molecular complexity index is 523. The lowest BCUT2D eigenvalue weighted by Crippen LogP contribution is -2.32. The SMILES string of the molecule is Nc1cc(C2CCCCN2Cc2ccccc2)on1. The zero-order valence-electron chi connectivity index (χ0n) is 11.0. The van der Waals surface area contributed by atoms with Crippen molar-refractivity contribution in [3.8, 4) is 0 Å². The number of rotatable bonds is 3. The quantitative estimate of drug-likeness (QED) is 0.918. The number of hydrogen-bond donors (Lipinski definition) is 1. The van der Waals surface area contributed by atoms with Crippen LogP contribution in [-0.2, 0) is 6.54 Å². The molecule has 0 amide bonds. The van der Waals surface area contributed by atoms with E-state index in [2.05, 4.69) is 34.3 Å². The van der Waals surface area contributed by atoms with Crippen molar-refractivity contribution >= 4 is 5.82 Å². The second-order valence-corrected chi connectivity index (χ2v) is 5.12. The molecular formula is C15H19N3O. The van der Waals surface area contributed by atoms with Crippen molar-refractivity contribution in [3.05, 3.63) is 47.7 Å². The standard InChI is InChI=1S/C15H19N3O/c16-15-10-14(19-17-15)13-8-4-5-9-18(13)11-12-6-2-1-3-7-12/h1-3,6-7,10,13H,4-5,8-9,11H2,(H2,16,17). The Balaban J connectivity index is 1.77. The predicted molar refractivity (Wildman–Crippen MR) is 74.4 cm³/mol. The van der Waals surface area contributed by atoms with Crippen molar-refractivity contribution in [2.75, 3.05) is 12.3 Å². The molecule has 0 bridgehead atoms. The molecular weight excluding hydrogens is 238 g/mol. The Kier molecular flexibility index (Phi) is 3.51. The summed E-state index contributed by atoms with van der Waals surface area (Å²) in [6, 6.07) is 12.7. The molecule has 0 aliphatic carbocycles. The summed E-state index contributed by atoms with van der Waals surface area (Å²) in [6.07, 6.45) is 3.59. The monoisotopic (exact) mass is 257 g/mol. The second kappa shape index (κ2) is 5.45. The molecule has 2 N–H and O–H groups in total. The van der Waals surface area contributed by atoms with Crippen molar-refractivity contribution in [2.45, 2.75) is 31.8 Å². The maximum atomic E-state index is 5.66. The molecule has 1 aromatic heterocycles. The fraction of sp³-hybridized carbons (Fsp3) is 0.400. The Morgan fingerprint density at radius 1 is 1.26 bits per heavy atom. The van der Waals surface area contributed by atoms with E-state index in [0.717, 1.165) is 25.3 Å². The lowest BCUT2D eigenvalue weighted by molar-refractivity contribution is 0.116. The number of aromatic nitrogens is 1. The first-order chi connectivity index (χ1) is 9.33. The van der Waals surface area contributed by atoms with Crippen LogP contribution in [0.2, 0.25) is 0 Å². The van der Waals surface area contributed by atoms with Gasteiger partial charge in [-0.05, 0) is 24.9 Å². The van der Waals surface area contributed by atoms with Crippen LogP contribution in [0.5, 0.6) is 0 Å². The molecule has 1 atom stereocenters. The summed E-state index contributed by atoms with van der Waals surface area (Å²) in [5.41, 5.74) is 6.99. The molecule has 0 spiro atoms. The highest BCUT2D eigenvalue weighted by molar-refractivity contribution is 5.28. The van der Waals surface area contributed by atoms with Crippen molar-refractivity contribution in [1.29, 1.82) is 0 Å². The van der Waals surface area contributed by atoms with E-state index in [-0.39, 0.29) is 0 Å². The average Bonchev–Trinajstić information content (AvgIpc) is 2.87. The highest BCUT2D eigenvalue weighted by atomic mass is 16.5. The highest BCUT2D eigenvalue weighted by Gasteiger charge is 2.27. The largest absolute Gasteiger partial charge is 0.381 e. The van der Waals surface area contributed by atoms with Gasteiger partial charge in [0.25, 0.3) is 0 Å². The maximum Gasteiger partial charge on any atom is 0.167 e. The third-order valence-corrected chi connectivity index (χ3v) is 3.72. The van der Waals surface area contributed by atoms with Crippen LogP contribution >= 0.6 is 0 Å². The van der Waals surface area contributed by atoms with Gasteiger partial charge in [-0.3, -0.25) is 4.90 Å². The summed E-state index contributed by atoms with van der Waals surface area (Å²) in [4.78, 5) is 2.46. The van der Waals surface area contributed by atoms with E-state index in [1.165, 1.54) is 18.4 Å². The molecule has 4 heteroatoms. The molecule has 1 aliphatic rings. The topological polar surface area (TPSA) is 55.3 Å². The number of piperidine rings is 1. The van der Waals surface area contributed by atoms with E-state index < -0.39 is 0 Å². The minimum absolute atomic E-state index is 0.304. The molecule has 100 valence electrons. The first-order valence-corrected chi connectivity index (χ1v) is 6.83. The van der Waals surface area contributed by atoms with Gasteiger partial charge in [-0.1, -0.05) is 41.9 Å². The summed E-state index contributed by atoms with van der Waals surface area (Å²) in [5, 5.41) is 3.81. The van der Waals surface area contributed by atoms with E-state index in [4.69, 9.17) is 10.3 Å². The number of anilines is 1. The molecule has 1 aromatic carbocycles. The van der Waals surface area contributed by atoms with Crippen LogP contribution in [-0.4, -0.2) is 16.6 Å². The third-order valence-electron chi connectivity index (χ3n) is 3.72. The lowest BCUT2D eigenvalue weighted by Gasteiger charge is -2.34. The zero-order valence-corrected chi connectivity index (χ0v) is 11.0. The molecule has 1 aliphatic heterocycles. The first-order valence-electron chi connectivity index (χ1n) is 6.83. The summed E-state index contributed by atoms with van der Waals surface area (Å²) < 4.78 is 5.36. The number of nitrogens with two attached hydrogens (primary N) is 1. The molecule has 0 saturated carbocycles. The van der Waals surface area contributed by atoms with E-state index in [0.29, 0.717) is 11.9 Å². The smallest absolute Gasteiger partial charge is 0.167 e. The molecule has 2 heterocycles. The summed E-state index contributed by atoms with van der Waals surface area (Å²) in [6.45, 7) is 2.05. The van der Waals surface area contributed by atoms with Gasteiger partial charge in [0.15, 0.2) is 11.6 Å². The van der Waals surface area contributed by atoms with Gasteiger partial charge in [0.05, 0.1) is 6.04 Å². The highest BCUT2D eigenvalue weighted by Crippen LogP contribution is 2.32. The van der Waals surface area contributed by atoms with Crippen LogP contribution < -0.4 is 5.73 Å². The summed E-state index contributed by atoms with van der Waals surface area (Å²) >= 11 is 0. The Labute approximate surface area is 113 Å². The van der Waals surface area contributed by atoms with Crippen LogP contribution in [0.1, 0.15) is 36.6 Å². The summed E-state index contributed by atoms with van der Waals surface area (Å²) in [7, 11) is 0. The third kappa shape index (κ3) is 2.79. The van der Waals surface area contributed by atoms with E-state index in [1.807, 2.05) is 12.1 Å². The normalized spacial score (nSPS) is 20.5. The number of likely N-dealkylation sites (tertiary alicyclic amines) is 1. The number of benzene rings is 1. The molecule has 1 saturated heterocycles. The summed E-state index contributed by atoms with van der Waals surface area (Å²) in [5.74, 6) is 1.37. The molecule has 1 fully saturated rings. The maximum absolute atomic E-state index is 5.66. The van der Waals surface area contributed by atoms with Crippen LogP contribution in [0.4, 0.5) is 5.82 Å². The van der Waals surface area contributed by atoms with Gasteiger partial charge < -0.3 is 10.3 Å². The van der Waals surface area contributed by atoms with Gasteiger partial charge in [-0.15, -0.1) is 0 Å². The van der Waals surface area contributed by atoms with Gasteiger partial charge in [-0.2, -0.15) is 0 Å². The van der Waals surface area contributed by atoms with Gasteiger partial charge >= 0.3 is 0 Å². The number of nitrogen functional groups attached to an aromatic ring is 1. The van der Waals surface area contributed by atoms with E-state index in [9.17, 15) is 0 Å². The van der Waals surface area contributed by atoms with E-state index >= 15 is 0 Å². The Hall–Kier alpha value is -1.81. The van der Waals surface area contributed by atoms with Crippen molar-refractivity contribution in [1.82, 2.24) is 10.1 Å². The molecule has 19 heavy (non-hydrogen) atoms. The van der Waals surface area contributed by atoms with Crippen molar-refractivity contribution < 1.29 is 4.52 Å². The Morgan fingerprint density at radius 2 is 2.11 bits per heavy atom. The molecule has 0 radical (unpaired) electrons. The fourth-order valence-corrected chi connectivity index (χ4v) is 2.78. The predicted octanol–water partition coefficient (Wildman–Crippen LogP) is 2.98. The van der Waals surface area contributed by atoms with Gasteiger partial charge in [0.2, 0.25) is 0 Å². The minimum atomic E-state index is 0.304. The first kappa shape index (κ1) is 12.2. The molecule has 2 aromatic rings. The van der Waals surface area contributed by atoms with E-state index in [1.54, 1.807) is 0 Å². The van der Waals surface area contributed by atoms with Crippen LogP contribution in [0.3, 0.4) is 0 Å². The molecule has 4 nitrogen and oxygen atoms in total.